The van der Waals surface area contributed by atoms with E-state index in [1.165, 1.54) is 13.8 Å². The maximum atomic E-state index is 14.0. The zero-order valence-electron chi connectivity index (χ0n) is 28.0. The Morgan fingerprint density at radius 3 is 1.55 bits per heavy atom. The first-order valence-corrected chi connectivity index (χ1v) is 16.1. The first kappa shape index (κ1) is 34.1. The normalized spacial score (nSPS) is 11.7. The van der Waals surface area contributed by atoms with E-state index in [1.807, 2.05) is 34.9 Å². The van der Waals surface area contributed by atoms with Gasteiger partial charge in [0.15, 0.2) is 11.5 Å². The molecule has 10 heteroatoms. The molecule has 1 aromatic heterocycles. The van der Waals surface area contributed by atoms with Crippen molar-refractivity contribution in [3.63, 3.8) is 0 Å². The highest BCUT2D eigenvalue weighted by Gasteiger charge is 2.22. The third-order valence-electron chi connectivity index (χ3n) is 8.12. The molecule has 0 unspecified atom stereocenters. The van der Waals surface area contributed by atoms with Crippen LogP contribution < -0.4 is 0 Å². The van der Waals surface area contributed by atoms with Gasteiger partial charge in [-0.1, -0.05) is 77.9 Å². The second kappa shape index (κ2) is 14.8. The molecule has 1 heterocycles. The summed E-state index contributed by atoms with van der Waals surface area (Å²) in [6.07, 6.45) is 0.225. The van der Waals surface area contributed by atoms with Gasteiger partial charge in [0.1, 0.15) is 5.71 Å². The number of ketones is 3. The molecule has 0 saturated heterocycles. The highest BCUT2D eigenvalue weighted by Crippen LogP contribution is 2.34. The molecular weight excluding hydrogens is 646 g/mol. The van der Waals surface area contributed by atoms with E-state index in [0.717, 1.165) is 16.7 Å². The lowest BCUT2D eigenvalue weighted by molar-refractivity contribution is -0.141. The molecule has 0 bridgehead atoms. The average Bonchev–Trinajstić information content (AvgIpc) is 3.48. The molecule has 5 aromatic carbocycles. The molecular formula is C41H31N3O7. The Bertz CT molecular complexity index is 2390. The number of carbonyl (C=O) groups excluding carboxylic acids is 5. The molecule has 0 amide bonds. The van der Waals surface area contributed by atoms with Crippen LogP contribution in [0.1, 0.15) is 69.4 Å². The van der Waals surface area contributed by atoms with Crippen molar-refractivity contribution in [3.8, 4) is 5.69 Å². The molecule has 0 radical (unpaired) electrons. The van der Waals surface area contributed by atoms with Crippen molar-refractivity contribution in [3.05, 3.63) is 149 Å². The van der Waals surface area contributed by atoms with Crippen molar-refractivity contribution in [2.24, 2.45) is 10.3 Å². The second-order valence-electron chi connectivity index (χ2n) is 11.6. The zero-order valence-corrected chi connectivity index (χ0v) is 28.0. The summed E-state index contributed by atoms with van der Waals surface area (Å²) in [5.74, 6) is -2.33. The quantitative estimate of drug-likeness (QED) is 0.0594. The summed E-state index contributed by atoms with van der Waals surface area (Å²) in [6.45, 7) is 4.13. The maximum absolute atomic E-state index is 14.0. The van der Waals surface area contributed by atoms with E-state index in [2.05, 4.69) is 10.3 Å². The number of hydrogen-bond acceptors (Lipinski definition) is 9. The summed E-state index contributed by atoms with van der Waals surface area (Å²) in [4.78, 5) is 73.4. The minimum atomic E-state index is -0.674. The molecule has 252 valence electrons. The summed E-state index contributed by atoms with van der Waals surface area (Å²) in [5, 5.41) is 8.95. The summed E-state index contributed by atoms with van der Waals surface area (Å²) >= 11 is 0. The standard InChI is InChI=1S/C41H31N3O7/c1-4-35(42-50-25(2)45)40(48)30-17-21-36-33(23-30)34-24-31(41(49)38(43-51-26(3)46)27-11-7-5-8-12-27)18-22-37(34)44(36)32-19-15-29(16-20-32)39(47)28-13-9-6-10-14-28/h5-24H,4H2,1-3H3/b42-35?,43-38+. The number of nitrogens with zero attached hydrogens (tertiary/aromatic N) is 3. The number of aromatic nitrogens is 1. The fraction of sp³-hybridized carbons (Fsp3) is 0.0976. The van der Waals surface area contributed by atoms with Crippen LogP contribution in [0.2, 0.25) is 0 Å². The Hall–Kier alpha value is -6.81. The van der Waals surface area contributed by atoms with Crippen LogP contribution in [-0.2, 0) is 19.3 Å². The zero-order chi connectivity index (χ0) is 36.1. The Kier molecular flexibility index (Phi) is 9.85. The van der Waals surface area contributed by atoms with E-state index in [1.54, 1.807) is 97.9 Å². The largest absolute Gasteiger partial charge is 0.332 e. The summed E-state index contributed by atoms with van der Waals surface area (Å²) in [5.41, 5.74) is 4.32. The average molecular weight is 678 g/mol. The molecule has 0 saturated carbocycles. The fourth-order valence-corrected chi connectivity index (χ4v) is 5.72. The van der Waals surface area contributed by atoms with Gasteiger partial charge in [-0.15, -0.1) is 0 Å². The number of carbonyl (C=O) groups is 5. The van der Waals surface area contributed by atoms with E-state index in [4.69, 9.17) is 9.68 Å². The van der Waals surface area contributed by atoms with E-state index in [-0.39, 0.29) is 29.2 Å². The monoisotopic (exact) mass is 677 g/mol. The van der Waals surface area contributed by atoms with Gasteiger partial charge in [-0.2, -0.15) is 0 Å². The highest BCUT2D eigenvalue weighted by atomic mass is 16.7. The smallest absolute Gasteiger partial charge is 0.318 e. The van der Waals surface area contributed by atoms with Gasteiger partial charge in [0.2, 0.25) is 11.6 Å². The van der Waals surface area contributed by atoms with Crippen LogP contribution in [0.5, 0.6) is 0 Å². The molecule has 6 rings (SSSR count). The first-order chi connectivity index (χ1) is 24.7. The first-order valence-electron chi connectivity index (χ1n) is 16.1. The van der Waals surface area contributed by atoms with E-state index in [0.29, 0.717) is 33.0 Å². The molecule has 0 aliphatic heterocycles. The number of hydrogen-bond donors (Lipinski definition) is 0. The van der Waals surface area contributed by atoms with Gasteiger partial charge < -0.3 is 14.2 Å². The fourth-order valence-electron chi connectivity index (χ4n) is 5.72. The van der Waals surface area contributed by atoms with E-state index >= 15 is 0 Å². The van der Waals surface area contributed by atoms with E-state index in [9.17, 15) is 24.0 Å². The van der Waals surface area contributed by atoms with Crippen LogP contribution in [0.4, 0.5) is 0 Å². The lowest BCUT2D eigenvalue weighted by Gasteiger charge is -2.10. The van der Waals surface area contributed by atoms with Crippen molar-refractivity contribution >= 4 is 62.5 Å². The highest BCUT2D eigenvalue weighted by molar-refractivity contribution is 6.51. The van der Waals surface area contributed by atoms with Crippen LogP contribution in [-0.4, -0.2) is 45.3 Å². The van der Waals surface area contributed by atoms with Crippen LogP contribution >= 0.6 is 0 Å². The van der Waals surface area contributed by atoms with Gasteiger partial charge in [-0.05, 0) is 67.1 Å². The van der Waals surface area contributed by atoms with Crippen LogP contribution in [0.3, 0.4) is 0 Å². The molecule has 51 heavy (non-hydrogen) atoms. The lowest BCUT2D eigenvalue weighted by atomic mass is 9.98. The van der Waals surface area contributed by atoms with Crippen molar-refractivity contribution in [1.29, 1.82) is 0 Å². The van der Waals surface area contributed by atoms with Crippen LogP contribution in [0.25, 0.3) is 27.5 Å². The molecule has 0 atom stereocenters. The maximum Gasteiger partial charge on any atom is 0.332 e. The van der Waals surface area contributed by atoms with Gasteiger partial charge >= 0.3 is 11.9 Å². The number of rotatable bonds is 11. The molecule has 0 aliphatic rings. The Morgan fingerprint density at radius 1 is 0.549 bits per heavy atom. The number of Topliss-reactive ketones (excluding diaryl/α,β-unsaturated/α-hetero) is 2. The lowest BCUT2D eigenvalue weighted by Crippen LogP contribution is -2.17. The molecule has 0 aliphatic carbocycles. The molecule has 0 fully saturated rings. The van der Waals surface area contributed by atoms with Gasteiger partial charge in [-0.25, -0.2) is 9.59 Å². The molecule has 0 spiro atoms. The number of oxime groups is 2. The number of benzene rings is 5. The third-order valence-corrected chi connectivity index (χ3v) is 8.12. The van der Waals surface area contributed by atoms with Gasteiger partial charge in [0.25, 0.3) is 0 Å². The van der Waals surface area contributed by atoms with Crippen LogP contribution in [0.15, 0.2) is 132 Å². The van der Waals surface area contributed by atoms with Crippen LogP contribution in [0, 0.1) is 0 Å². The summed E-state index contributed by atoms with van der Waals surface area (Å²) < 4.78 is 1.97. The third kappa shape index (κ3) is 7.16. The van der Waals surface area contributed by atoms with E-state index < -0.39 is 23.5 Å². The second-order valence-corrected chi connectivity index (χ2v) is 11.6. The number of fused-ring (bicyclic) bond motifs is 3. The summed E-state index contributed by atoms with van der Waals surface area (Å²) in [7, 11) is 0. The SMILES string of the molecule is CCC(=NOC(C)=O)C(=O)c1ccc2c(c1)c1cc(C(=O)/C(=N/OC(C)=O)c3ccccc3)ccc1n2-c1ccc(C(=O)c2ccccc2)cc1. The minimum absolute atomic E-state index is 0.0577. The Morgan fingerprint density at radius 2 is 1.02 bits per heavy atom. The van der Waals surface area contributed by atoms with Gasteiger partial charge in [0.05, 0.1) is 11.0 Å². The molecule has 6 aromatic rings. The van der Waals surface area contributed by atoms with Crippen molar-refractivity contribution in [2.45, 2.75) is 27.2 Å². The molecule has 0 N–H and O–H groups in total. The van der Waals surface area contributed by atoms with Crippen molar-refractivity contribution in [2.75, 3.05) is 0 Å². The van der Waals surface area contributed by atoms with Crippen molar-refractivity contribution < 1.29 is 33.6 Å². The summed E-state index contributed by atoms with van der Waals surface area (Å²) in [6, 6.07) is 35.2. The molecule has 10 nitrogen and oxygen atoms in total. The minimum Gasteiger partial charge on any atom is -0.318 e. The van der Waals surface area contributed by atoms with Gasteiger partial charge in [-0.3, -0.25) is 14.4 Å². The van der Waals surface area contributed by atoms with Crippen molar-refractivity contribution in [1.82, 2.24) is 4.57 Å². The predicted octanol–water partition coefficient (Wildman–Crippen LogP) is 7.68. The Balaban J connectivity index is 1.51. The Labute approximate surface area is 292 Å². The predicted molar refractivity (Wildman–Crippen MR) is 194 cm³/mol. The van der Waals surface area contributed by atoms with Gasteiger partial charge in [0, 0.05) is 58.1 Å². The topological polar surface area (TPSA) is 133 Å².